The first-order valence-corrected chi connectivity index (χ1v) is 15.0. The number of halogens is 2. The van der Waals surface area contributed by atoms with Gasteiger partial charge in [0.25, 0.3) is 5.91 Å². The number of benzene rings is 4. The van der Waals surface area contributed by atoms with Crippen molar-refractivity contribution >= 4 is 57.4 Å². The van der Waals surface area contributed by atoms with Crippen molar-refractivity contribution in [1.82, 2.24) is 10.2 Å². The van der Waals surface area contributed by atoms with Crippen molar-refractivity contribution in [2.75, 3.05) is 18.0 Å². The first-order valence-electron chi connectivity index (χ1n) is 14.3. The standard InChI is InChI=1S/C34H33Cl2N3O3/c1-2-19-37-33(41)30(21-23-10-4-3-5-11-23)39(22-26-27(35)15-8-16-28(26)36)31(40)18-9-20-38-29-17-7-13-24-12-6-14-25(32(24)29)34(38)42/h3-8,10-17,30H,2,9,18-22H2,1H3,(H,37,41). The molecule has 8 heteroatoms. The fourth-order valence-electron chi connectivity index (χ4n) is 5.51. The van der Waals surface area contributed by atoms with Gasteiger partial charge in [-0.2, -0.15) is 0 Å². The van der Waals surface area contributed by atoms with E-state index in [2.05, 4.69) is 5.32 Å². The third kappa shape index (κ3) is 6.30. The molecule has 1 heterocycles. The average Bonchev–Trinajstić information content (AvgIpc) is 3.27. The number of anilines is 1. The van der Waals surface area contributed by atoms with Crippen molar-refractivity contribution in [2.24, 2.45) is 0 Å². The zero-order chi connectivity index (χ0) is 29.6. The quantitative estimate of drug-likeness (QED) is 0.189. The van der Waals surface area contributed by atoms with Crippen molar-refractivity contribution in [2.45, 2.75) is 45.2 Å². The van der Waals surface area contributed by atoms with Crippen LogP contribution in [-0.2, 0) is 22.6 Å². The maximum atomic E-state index is 14.0. The van der Waals surface area contributed by atoms with Crippen LogP contribution in [0.25, 0.3) is 10.8 Å². The van der Waals surface area contributed by atoms with E-state index in [1.165, 1.54) is 0 Å². The molecule has 0 saturated heterocycles. The van der Waals surface area contributed by atoms with Gasteiger partial charge in [0, 0.05) is 59.0 Å². The molecule has 1 unspecified atom stereocenters. The second-order valence-electron chi connectivity index (χ2n) is 10.5. The molecule has 0 bridgehead atoms. The molecule has 1 N–H and O–H groups in total. The topological polar surface area (TPSA) is 69.7 Å². The lowest BCUT2D eigenvalue weighted by Crippen LogP contribution is -2.50. The molecule has 3 amide bonds. The average molecular weight is 603 g/mol. The summed E-state index contributed by atoms with van der Waals surface area (Å²) >= 11 is 13.1. The Morgan fingerprint density at radius 2 is 1.60 bits per heavy atom. The van der Waals surface area contributed by atoms with Gasteiger partial charge in [0.1, 0.15) is 6.04 Å². The zero-order valence-electron chi connectivity index (χ0n) is 23.5. The SMILES string of the molecule is CCCNC(=O)C(Cc1ccccc1)N(Cc1c(Cl)cccc1Cl)C(=O)CCCN1C(=O)c2cccc3cccc1c23. The number of rotatable bonds is 12. The third-order valence-corrected chi connectivity index (χ3v) is 8.34. The van der Waals surface area contributed by atoms with E-state index in [0.717, 1.165) is 28.4 Å². The summed E-state index contributed by atoms with van der Waals surface area (Å²) < 4.78 is 0. The van der Waals surface area contributed by atoms with Gasteiger partial charge in [-0.25, -0.2) is 0 Å². The first-order chi connectivity index (χ1) is 20.4. The molecular formula is C34H33Cl2N3O3. The first kappa shape index (κ1) is 29.6. The van der Waals surface area contributed by atoms with Crippen molar-refractivity contribution in [1.29, 1.82) is 0 Å². The summed E-state index contributed by atoms with van der Waals surface area (Å²) in [5, 5.41) is 5.80. The number of hydrogen-bond acceptors (Lipinski definition) is 3. The Balaban J connectivity index is 1.39. The summed E-state index contributed by atoms with van der Waals surface area (Å²) in [5.41, 5.74) is 3.07. The number of nitrogens with zero attached hydrogens (tertiary/aromatic N) is 2. The Kier molecular flexibility index (Phi) is 9.45. The van der Waals surface area contributed by atoms with Gasteiger partial charge >= 0.3 is 0 Å². The number of hydrogen-bond donors (Lipinski definition) is 1. The molecule has 0 spiro atoms. The molecule has 1 aliphatic rings. The minimum Gasteiger partial charge on any atom is -0.354 e. The van der Waals surface area contributed by atoms with Crippen LogP contribution in [0.4, 0.5) is 5.69 Å². The Morgan fingerprint density at radius 1 is 0.905 bits per heavy atom. The lowest BCUT2D eigenvalue weighted by atomic mass is 10.0. The fourth-order valence-corrected chi connectivity index (χ4v) is 6.02. The second kappa shape index (κ2) is 13.4. The van der Waals surface area contributed by atoms with E-state index in [4.69, 9.17) is 23.2 Å². The van der Waals surface area contributed by atoms with E-state index < -0.39 is 6.04 Å². The summed E-state index contributed by atoms with van der Waals surface area (Å²) in [6.07, 6.45) is 1.68. The number of amides is 3. The van der Waals surface area contributed by atoms with Gasteiger partial charge in [-0.3, -0.25) is 14.4 Å². The molecule has 1 atom stereocenters. The van der Waals surface area contributed by atoms with Crippen molar-refractivity contribution < 1.29 is 14.4 Å². The Labute approximate surface area is 256 Å². The summed E-state index contributed by atoms with van der Waals surface area (Å²) in [7, 11) is 0. The van der Waals surface area contributed by atoms with E-state index in [0.29, 0.717) is 47.1 Å². The molecule has 4 aromatic carbocycles. The van der Waals surface area contributed by atoms with Crippen molar-refractivity contribution in [3.8, 4) is 0 Å². The van der Waals surface area contributed by atoms with Crippen LogP contribution in [0.5, 0.6) is 0 Å². The molecule has 216 valence electrons. The predicted molar refractivity (Wildman–Crippen MR) is 169 cm³/mol. The molecule has 0 fully saturated rings. The monoisotopic (exact) mass is 601 g/mol. The van der Waals surface area contributed by atoms with E-state index in [1.54, 1.807) is 28.0 Å². The van der Waals surface area contributed by atoms with Crippen LogP contribution in [0.15, 0.2) is 84.9 Å². The number of nitrogens with one attached hydrogen (secondary N) is 1. The lowest BCUT2D eigenvalue weighted by Gasteiger charge is -2.32. The highest BCUT2D eigenvalue weighted by Crippen LogP contribution is 2.37. The molecule has 0 saturated carbocycles. The minimum atomic E-state index is -0.773. The molecule has 6 nitrogen and oxygen atoms in total. The van der Waals surface area contributed by atoms with E-state index in [1.807, 2.05) is 73.7 Å². The highest BCUT2D eigenvalue weighted by Gasteiger charge is 2.32. The van der Waals surface area contributed by atoms with Gasteiger partial charge in [-0.05, 0) is 48.1 Å². The van der Waals surface area contributed by atoms with Crippen LogP contribution in [-0.4, -0.2) is 41.8 Å². The van der Waals surface area contributed by atoms with Crippen LogP contribution >= 0.6 is 23.2 Å². The van der Waals surface area contributed by atoms with Crippen LogP contribution in [0.3, 0.4) is 0 Å². The summed E-state index contributed by atoms with van der Waals surface area (Å²) in [6, 6.07) is 25.7. The molecule has 0 aliphatic carbocycles. The summed E-state index contributed by atoms with van der Waals surface area (Å²) in [5.74, 6) is -0.495. The third-order valence-electron chi connectivity index (χ3n) is 7.63. The molecule has 0 radical (unpaired) electrons. The smallest absolute Gasteiger partial charge is 0.258 e. The van der Waals surface area contributed by atoms with Crippen molar-refractivity contribution in [3.63, 3.8) is 0 Å². The Morgan fingerprint density at radius 3 is 2.31 bits per heavy atom. The van der Waals surface area contributed by atoms with Crippen LogP contribution in [0.1, 0.15) is 47.7 Å². The van der Waals surface area contributed by atoms with Crippen LogP contribution in [0.2, 0.25) is 10.0 Å². The Bertz CT molecular complexity index is 1580. The fraction of sp³-hybridized carbons (Fsp3) is 0.265. The van der Waals surface area contributed by atoms with E-state index in [-0.39, 0.29) is 30.7 Å². The maximum Gasteiger partial charge on any atom is 0.258 e. The molecule has 5 rings (SSSR count). The highest BCUT2D eigenvalue weighted by molar-refractivity contribution is 6.36. The molecule has 42 heavy (non-hydrogen) atoms. The molecule has 0 aromatic heterocycles. The number of carbonyl (C=O) groups excluding carboxylic acids is 3. The zero-order valence-corrected chi connectivity index (χ0v) is 25.0. The van der Waals surface area contributed by atoms with Crippen LogP contribution in [0, 0.1) is 0 Å². The normalized spacial score (nSPS) is 12.9. The maximum absolute atomic E-state index is 14.0. The molecule has 1 aliphatic heterocycles. The summed E-state index contributed by atoms with van der Waals surface area (Å²) in [6.45, 7) is 2.95. The predicted octanol–water partition coefficient (Wildman–Crippen LogP) is 7.05. The highest BCUT2D eigenvalue weighted by atomic mass is 35.5. The van der Waals surface area contributed by atoms with Gasteiger partial charge in [0.15, 0.2) is 0 Å². The van der Waals surface area contributed by atoms with E-state index >= 15 is 0 Å². The van der Waals surface area contributed by atoms with Gasteiger partial charge in [-0.15, -0.1) is 0 Å². The lowest BCUT2D eigenvalue weighted by molar-refractivity contribution is -0.141. The summed E-state index contributed by atoms with van der Waals surface area (Å²) in [4.78, 5) is 44.1. The minimum absolute atomic E-state index is 0.0603. The van der Waals surface area contributed by atoms with E-state index in [9.17, 15) is 14.4 Å². The van der Waals surface area contributed by atoms with Crippen LogP contribution < -0.4 is 10.2 Å². The van der Waals surface area contributed by atoms with Gasteiger partial charge < -0.3 is 15.1 Å². The largest absolute Gasteiger partial charge is 0.354 e. The molecular weight excluding hydrogens is 569 g/mol. The van der Waals surface area contributed by atoms with Crippen molar-refractivity contribution in [3.05, 3.63) is 112 Å². The second-order valence-corrected chi connectivity index (χ2v) is 11.3. The molecule has 4 aromatic rings. The Hall–Kier alpha value is -3.87. The van der Waals surface area contributed by atoms with Gasteiger partial charge in [-0.1, -0.05) is 90.8 Å². The van der Waals surface area contributed by atoms with Gasteiger partial charge in [0.05, 0.1) is 5.69 Å². The number of carbonyl (C=O) groups is 3. The van der Waals surface area contributed by atoms with Gasteiger partial charge in [0.2, 0.25) is 11.8 Å².